The van der Waals surface area contributed by atoms with Crippen LogP contribution in [0.15, 0.2) is 18.2 Å². The van der Waals surface area contributed by atoms with Crippen LogP contribution in [0.25, 0.3) is 0 Å². The van der Waals surface area contributed by atoms with Crippen molar-refractivity contribution in [2.24, 2.45) is 0 Å². The Labute approximate surface area is 101 Å². The molecule has 1 saturated heterocycles. The molecule has 0 spiro atoms. The summed E-state index contributed by atoms with van der Waals surface area (Å²) in [7, 11) is 1.47. The molecule has 3 nitrogen and oxygen atoms in total. The van der Waals surface area contributed by atoms with Gasteiger partial charge in [0.2, 0.25) is 0 Å². The van der Waals surface area contributed by atoms with Gasteiger partial charge in [-0.05, 0) is 25.5 Å². The molecular formula is C13H18FNO2. The molecule has 0 radical (unpaired) electrons. The van der Waals surface area contributed by atoms with E-state index >= 15 is 0 Å². The van der Waals surface area contributed by atoms with Gasteiger partial charge in [-0.25, -0.2) is 4.39 Å². The maximum Gasteiger partial charge on any atom is 0.170 e. The summed E-state index contributed by atoms with van der Waals surface area (Å²) >= 11 is 0. The Morgan fingerprint density at radius 3 is 3.06 bits per heavy atom. The van der Waals surface area contributed by atoms with E-state index in [1.54, 1.807) is 18.2 Å². The average molecular weight is 239 g/mol. The zero-order valence-electron chi connectivity index (χ0n) is 10.0. The maximum atomic E-state index is 13.8. The topological polar surface area (TPSA) is 30.5 Å². The first-order valence-electron chi connectivity index (χ1n) is 5.95. The number of piperidine rings is 1. The summed E-state index contributed by atoms with van der Waals surface area (Å²) in [6.45, 7) is 2.20. The van der Waals surface area contributed by atoms with Crippen molar-refractivity contribution in [1.82, 2.24) is 5.32 Å². The monoisotopic (exact) mass is 239 g/mol. The minimum absolute atomic E-state index is 0.189. The van der Waals surface area contributed by atoms with Gasteiger partial charge in [0.25, 0.3) is 0 Å². The highest BCUT2D eigenvalue weighted by Crippen LogP contribution is 2.21. The van der Waals surface area contributed by atoms with Crippen LogP contribution < -0.4 is 10.1 Å². The molecule has 1 atom stereocenters. The largest absolute Gasteiger partial charge is 0.494 e. The molecule has 1 aliphatic rings. The zero-order valence-corrected chi connectivity index (χ0v) is 10.0. The van der Waals surface area contributed by atoms with Gasteiger partial charge in [0.15, 0.2) is 11.6 Å². The quantitative estimate of drug-likeness (QED) is 0.873. The lowest BCUT2D eigenvalue weighted by Crippen LogP contribution is -2.35. The molecular weight excluding hydrogens is 221 g/mol. The first-order chi connectivity index (χ1) is 8.31. The second-order valence-electron chi connectivity index (χ2n) is 4.21. The third kappa shape index (κ3) is 3.17. The minimum Gasteiger partial charge on any atom is -0.494 e. The van der Waals surface area contributed by atoms with E-state index in [1.807, 2.05) is 0 Å². The molecule has 4 heteroatoms. The fraction of sp³-hybridized carbons (Fsp3) is 0.538. The van der Waals surface area contributed by atoms with Crippen LogP contribution in [-0.4, -0.2) is 26.3 Å². The van der Waals surface area contributed by atoms with Crippen molar-refractivity contribution >= 4 is 0 Å². The highest BCUT2D eigenvalue weighted by Gasteiger charge is 2.15. The summed E-state index contributed by atoms with van der Waals surface area (Å²) in [5.41, 5.74) is 0.551. The van der Waals surface area contributed by atoms with Crippen molar-refractivity contribution < 1.29 is 13.9 Å². The van der Waals surface area contributed by atoms with Crippen LogP contribution in [0.3, 0.4) is 0 Å². The Kier molecular flexibility index (Phi) is 4.34. The van der Waals surface area contributed by atoms with Crippen LogP contribution in [0.1, 0.15) is 18.4 Å². The minimum atomic E-state index is -0.321. The van der Waals surface area contributed by atoms with Crippen LogP contribution in [0.4, 0.5) is 4.39 Å². The molecule has 1 fully saturated rings. The van der Waals surface area contributed by atoms with Crippen molar-refractivity contribution in [2.75, 3.05) is 20.2 Å². The van der Waals surface area contributed by atoms with Crippen molar-refractivity contribution in [1.29, 1.82) is 0 Å². The van der Waals surface area contributed by atoms with Gasteiger partial charge in [0.05, 0.1) is 19.8 Å². The van der Waals surface area contributed by atoms with E-state index in [9.17, 15) is 4.39 Å². The molecule has 2 rings (SSSR count). The Morgan fingerprint density at radius 1 is 1.47 bits per heavy atom. The zero-order chi connectivity index (χ0) is 12.1. The van der Waals surface area contributed by atoms with E-state index in [4.69, 9.17) is 9.47 Å². The van der Waals surface area contributed by atoms with Gasteiger partial charge in [0.1, 0.15) is 0 Å². The van der Waals surface area contributed by atoms with Gasteiger partial charge in [-0.1, -0.05) is 12.1 Å². The summed E-state index contributed by atoms with van der Waals surface area (Å²) in [5, 5.41) is 3.26. The van der Waals surface area contributed by atoms with Crippen molar-refractivity contribution in [3.63, 3.8) is 0 Å². The number of halogens is 1. The summed E-state index contributed by atoms with van der Waals surface area (Å²) in [6.07, 6.45) is 2.35. The SMILES string of the molecule is COc1cccc(COC2CCCNC2)c1F. The molecule has 1 unspecified atom stereocenters. The molecule has 94 valence electrons. The number of benzene rings is 1. The van der Waals surface area contributed by atoms with Gasteiger partial charge in [-0.15, -0.1) is 0 Å². The molecule has 0 bridgehead atoms. The third-order valence-corrected chi connectivity index (χ3v) is 2.99. The van der Waals surface area contributed by atoms with Gasteiger partial charge >= 0.3 is 0 Å². The Bertz CT molecular complexity index is 364. The smallest absolute Gasteiger partial charge is 0.170 e. The van der Waals surface area contributed by atoms with Gasteiger partial charge in [0, 0.05) is 12.1 Å². The Morgan fingerprint density at radius 2 is 2.35 bits per heavy atom. The normalized spacial score (nSPS) is 20.2. The molecule has 1 aromatic carbocycles. The maximum absolute atomic E-state index is 13.8. The lowest BCUT2D eigenvalue weighted by molar-refractivity contribution is 0.0238. The molecule has 1 aromatic rings. The van der Waals surface area contributed by atoms with Gasteiger partial charge in [-0.2, -0.15) is 0 Å². The number of hydrogen-bond acceptors (Lipinski definition) is 3. The highest BCUT2D eigenvalue weighted by atomic mass is 19.1. The predicted octanol–water partition coefficient (Wildman–Crippen LogP) is 2.10. The number of rotatable bonds is 4. The first-order valence-corrected chi connectivity index (χ1v) is 5.95. The molecule has 0 aliphatic carbocycles. The van der Waals surface area contributed by atoms with Crippen LogP contribution in [-0.2, 0) is 11.3 Å². The third-order valence-electron chi connectivity index (χ3n) is 2.99. The predicted molar refractivity (Wildman–Crippen MR) is 63.6 cm³/mol. The second kappa shape index (κ2) is 5.98. The van der Waals surface area contributed by atoms with E-state index in [1.165, 1.54) is 7.11 Å². The summed E-state index contributed by atoms with van der Waals surface area (Å²) < 4.78 is 24.4. The first kappa shape index (κ1) is 12.3. The molecule has 0 amide bonds. The van der Waals surface area contributed by atoms with Gasteiger partial charge in [-0.3, -0.25) is 0 Å². The molecule has 0 saturated carbocycles. The standard InChI is InChI=1S/C13H18FNO2/c1-16-12-6-2-4-10(13(12)14)9-17-11-5-3-7-15-8-11/h2,4,6,11,15H,3,5,7-9H2,1H3. The molecule has 1 aliphatic heterocycles. The van der Waals surface area contributed by atoms with Crippen molar-refractivity contribution in [2.45, 2.75) is 25.6 Å². The van der Waals surface area contributed by atoms with Crippen LogP contribution in [0, 0.1) is 5.82 Å². The van der Waals surface area contributed by atoms with E-state index in [-0.39, 0.29) is 17.7 Å². The molecule has 0 aromatic heterocycles. The van der Waals surface area contributed by atoms with E-state index in [0.717, 1.165) is 25.9 Å². The number of methoxy groups -OCH3 is 1. The van der Waals surface area contributed by atoms with E-state index in [2.05, 4.69) is 5.32 Å². The summed E-state index contributed by atoms with van der Waals surface area (Å²) in [6, 6.07) is 5.12. The van der Waals surface area contributed by atoms with Crippen LogP contribution in [0.2, 0.25) is 0 Å². The van der Waals surface area contributed by atoms with E-state index < -0.39 is 0 Å². The Hall–Kier alpha value is -1.13. The highest BCUT2D eigenvalue weighted by molar-refractivity contribution is 5.30. The summed E-state index contributed by atoms with van der Waals surface area (Å²) in [4.78, 5) is 0. The average Bonchev–Trinajstić information content (AvgIpc) is 2.39. The lowest BCUT2D eigenvalue weighted by atomic mass is 10.1. The number of nitrogens with one attached hydrogen (secondary N) is 1. The lowest BCUT2D eigenvalue weighted by Gasteiger charge is -2.23. The van der Waals surface area contributed by atoms with Crippen LogP contribution >= 0.6 is 0 Å². The molecule has 17 heavy (non-hydrogen) atoms. The van der Waals surface area contributed by atoms with Gasteiger partial charge < -0.3 is 14.8 Å². The Balaban J connectivity index is 1.93. The fourth-order valence-corrected chi connectivity index (χ4v) is 2.00. The fourth-order valence-electron chi connectivity index (χ4n) is 2.00. The van der Waals surface area contributed by atoms with Crippen molar-refractivity contribution in [3.8, 4) is 5.75 Å². The second-order valence-corrected chi connectivity index (χ2v) is 4.21. The van der Waals surface area contributed by atoms with Crippen LogP contribution in [0.5, 0.6) is 5.75 Å². The van der Waals surface area contributed by atoms with Crippen molar-refractivity contribution in [3.05, 3.63) is 29.6 Å². The number of hydrogen-bond donors (Lipinski definition) is 1. The summed E-state index contributed by atoms with van der Waals surface area (Å²) in [5.74, 6) is -0.0494. The molecule has 1 N–H and O–H groups in total. The number of ether oxygens (including phenoxy) is 2. The molecule has 1 heterocycles. The van der Waals surface area contributed by atoms with E-state index in [0.29, 0.717) is 12.2 Å².